The lowest BCUT2D eigenvalue weighted by atomic mass is 9.85. The Morgan fingerprint density at radius 1 is 0.957 bits per heavy atom. The molecule has 0 radical (unpaired) electrons. The van der Waals surface area contributed by atoms with Crippen molar-refractivity contribution in [2.45, 2.75) is 144 Å². The van der Waals surface area contributed by atoms with Gasteiger partial charge in [0.15, 0.2) is 0 Å². The lowest BCUT2D eigenvalue weighted by Crippen LogP contribution is -2.62. The third-order valence-electron chi connectivity index (χ3n) is 10.2. The molecule has 1 aliphatic heterocycles. The zero-order chi connectivity index (χ0) is 35.6. The lowest BCUT2D eigenvalue weighted by molar-refractivity contribution is -0.158. The Balaban J connectivity index is 1.79. The number of nitrogens with one attached hydrogen (secondary N) is 3. The van der Waals surface area contributed by atoms with Gasteiger partial charge in [0.25, 0.3) is 5.91 Å². The minimum Gasteiger partial charge on any atom is -0.458 e. The second kappa shape index (κ2) is 14.5. The smallest absolute Gasteiger partial charge is 0.329 e. The number of ether oxygens (including phenoxy) is 1. The van der Waals surface area contributed by atoms with Crippen molar-refractivity contribution in [3.8, 4) is 0 Å². The predicted molar refractivity (Wildman–Crippen MR) is 178 cm³/mol. The van der Waals surface area contributed by atoms with Gasteiger partial charge in [-0.05, 0) is 61.7 Å². The number of hydrogen-bond acceptors (Lipinski definition) is 7. The fourth-order valence-corrected chi connectivity index (χ4v) is 6.86. The molecular weight excluding hydrogens is 602 g/mol. The molecule has 3 aliphatic rings. The van der Waals surface area contributed by atoms with E-state index < -0.39 is 70.7 Å². The van der Waals surface area contributed by atoms with Gasteiger partial charge >= 0.3 is 12.0 Å². The number of nitrogens with two attached hydrogens (primary N) is 1. The molecule has 266 valence electrons. The van der Waals surface area contributed by atoms with Crippen LogP contribution in [0.5, 0.6) is 0 Å². The van der Waals surface area contributed by atoms with E-state index in [1.54, 1.807) is 20.8 Å². The number of urea groups is 1. The van der Waals surface area contributed by atoms with Crippen LogP contribution in [0.3, 0.4) is 0 Å². The Morgan fingerprint density at radius 2 is 1.57 bits per heavy atom. The summed E-state index contributed by atoms with van der Waals surface area (Å²) in [6.07, 6.45) is 5.95. The van der Waals surface area contributed by atoms with E-state index in [2.05, 4.69) is 16.0 Å². The third kappa shape index (κ3) is 9.69. The van der Waals surface area contributed by atoms with Gasteiger partial charge in [0, 0.05) is 6.54 Å². The third-order valence-corrected chi connectivity index (χ3v) is 10.2. The highest BCUT2D eigenvalue weighted by molar-refractivity contribution is 6.37. The van der Waals surface area contributed by atoms with Crippen LogP contribution < -0.4 is 21.7 Å². The van der Waals surface area contributed by atoms with Gasteiger partial charge in [-0.1, -0.05) is 87.0 Å². The molecule has 1 heterocycles. The summed E-state index contributed by atoms with van der Waals surface area (Å²) in [5.41, 5.74) is 3.63. The fraction of sp³-hybridized carbons (Fsp3) is 0.829. The normalized spacial score (nSPS) is 24.2. The number of carbonyl (C=O) groups is 6. The van der Waals surface area contributed by atoms with E-state index >= 15 is 0 Å². The Hall–Kier alpha value is -3.18. The molecule has 3 fully saturated rings. The zero-order valence-electron chi connectivity index (χ0n) is 30.2. The van der Waals surface area contributed by atoms with Crippen molar-refractivity contribution in [2.24, 2.45) is 40.2 Å². The number of hydrogen-bond donors (Lipinski definition) is 4. The molecule has 0 spiro atoms. The van der Waals surface area contributed by atoms with Gasteiger partial charge in [-0.25, -0.2) is 9.59 Å². The molecule has 2 saturated carbocycles. The first kappa shape index (κ1) is 38.3. The average molecular weight is 662 g/mol. The molecule has 0 aromatic heterocycles. The van der Waals surface area contributed by atoms with Gasteiger partial charge in [0.2, 0.25) is 17.6 Å². The van der Waals surface area contributed by atoms with E-state index in [0.29, 0.717) is 25.8 Å². The van der Waals surface area contributed by atoms with Gasteiger partial charge < -0.3 is 31.3 Å². The Bertz CT molecular complexity index is 1220. The van der Waals surface area contributed by atoms with Crippen LogP contribution in [0.15, 0.2) is 0 Å². The summed E-state index contributed by atoms with van der Waals surface area (Å²) >= 11 is 0. The molecule has 12 heteroatoms. The number of rotatable bonds is 15. The summed E-state index contributed by atoms with van der Waals surface area (Å²) < 4.78 is 5.55. The van der Waals surface area contributed by atoms with E-state index in [-0.39, 0.29) is 23.2 Å². The Kier molecular flexibility index (Phi) is 11.8. The number of Topliss-reactive ketones (excluding diaryl/α,β-unsaturated/α-hetero) is 1. The maximum absolute atomic E-state index is 14.3. The number of piperidine rings is 1. The second-order valence-corrected chi connectivity index (χ2v) is 16.7. The number of fused-ring (bicyclic) bond motifs is 1. The van der Waals surface area contributed by atoms with Gasteiger partial charge in [-0.2, -0.15) is 0 Å². The molecule has 2 aliphatic carbocycles. The number of nitrogens with zero attached hydrogens (tertiary/aromatic N) is 1. The molecule has 12 nitrogen and oxygen atoms in total. The van der Waals surface area contributed by atoms with Crippen molar-refractivity contribution in [3.63, 3.8) is 0 Å². The number of amides is 5. The summed E-state index contributed by atoms with van der Waals surface area (Å²) in [4.78, 5) is 80.8. The van der Waals surface area contributed by atoms with Crippen LogP contribution in [0.1, 0.15) is 114 Å². The first-order chi connectivity index (χ1) is 21.6. The first-order valence-electron chi connectivity index (χ1n) is 17.3. The standard InChI is InChI=1S/C35H59N5O7/c1-11-19(2)24(31(45)47-34(6,7)8)38-32(46)39-27(33(3,4)5)30(44)40-18-21-23(35(21,9)10)25(40)29(43)37-22(26(41)28(36)42)15-13-12-14-20-16-17-20/h19-25,27H,11-18H2,1-10H3,(H2,36,42)(H,37,43)(H2,38,39,46)/t19-,21-,22?,23-,24?,25-,27+/m0/s1. The predicted octanol–water partition coefficient (Wildman–Crippen LogP) is 3.45. The molecule has 47 heavy (non-hydrogen) atoms. The zero-order valence-corrected chi connectivity index (χ0v) is 30.2. The van der Waals surface area contributed by atoms with Gasteiger partial charge in [-0.3, -0.25) is 19.2 Å². The van der Waals surface area contributed by atoms with E-state index in [0.717, 1.165) is 18.8 Å². The minimum atomic E-state index is -1.11. The van der Waals surface area contributed by atoms with Crippen molar-refractivity contribution < 1.29 is 33.5 Å². The SMILES string of the molecule is CC[C@H](C)C(NC(=O)N[C@H](C(=O)N1C[C@H]2[C@@H]([C@H]1C(=O)NC(CCCCC1CC1)C(=O)C(N)=O)C2(C)C)C(C)(C)C)C(=O)OC(C)(C)C. The van der Waals surface area contributed by atoms with Gasteiger partial charge in [0.1, 0.15) is 23.7 Å². The number of carbonyl (C=O) groups excluding carboxylic acids is 6. The van der Waals surface area contributed by atoms with Crippen molar-refractivity contribution in [1.82, 2.24) is 20.9 Å². The van der Waals surface area contributed by atoms with E-state index in [4.69, 9.17) is 10.5 Å². The number of primary amides is 1. The van der Waals surface area contributed by atoms with E-state index in [9.17, 15) is 28.8 Å². The van der Waals surface area contributed by atoms with Crippen LogP contribution in [0.4, 0.5) is 4.79 Å². The quantitative estimate of drug-likeness (QED) is 0.118. The van der Waals surface area contributed by atoms with E-state index in [1.807, 2.05) is 48.5 Å². The van der Waals surface area contributed by atoms with Crippen LogP contribution in [0.2, 0.25) is 0 Å². The Morgan fingerprint density at radius 3 is 2.09 bits per heavy atom. The molecule has 7 atom stereocenters. The first-order valence-corrected chi connectivity index (χ1v) is 17.3. The summed E-state index contributed by atoms with van der Waals surface area (Å²) in [5, 5.41) is 8.31. The van der Waals surface area contributed by atoms with Crippen LogP contribution in [-0.2, 0) is 28.7 Å². The monoisotopic (exact) mass is 661 g/mol. The largest absolute Gasteiger partial charge is 0.458 e. The van der Waals surface area contributed by atoms with Crippen LogP contribution in [0.25, 0.3) is 0 Å². The molecule has 2 unspecified atom stereocenters. The molecule has 0 aromatic rings. The Labute approximate surface area is 280 Å². The molecule has 0 aromatic carbocycles. The lowest BCUT2D eigenvalue weighted by Gasteiger charge is -2.38. The summed E-state index contributed by atoms with van der Waals surface area (Å²) in [6, 6.07) is -4.62. The highest BCUT2D eigenvalue weighted by atomic mass is 16.6. The topological polar surface area (TPSA) is 177 Å². The molecule has 5 N–H and O–H groups in total. The maximum Gasteiger partial charge on any atom is 0.329 e. The fourth-order valence-electron chi connectivity index (χ4n) is 6.86. The molecule has 1 saturated heterocycles. The molecule has 3 rings (SSSR count). The van der Waals surface area contributed by atoms with Crippen LogP contribution >= 0.6 is 0 Å². The van der Waals surface area contributed by atoms with Crippen molar-refractivity contribution in [1.29, 1.82) is 0 Å². The van der Waals surface area contributed by atoms with Crippen molar-refractivity contribution in [2.75, 3.05) is 6.54 Å². The highest BCUT2D eigenvalue weighted by Crippen LogP contribution is 2.65. The van der Waals surface area contributed by atoms with Crippen LogP contribution in [-0.4, -0.2) is 76.7 Å². The highest BCUT2D eigenvalue weighted by Gasteiger charge is 2.70. The van der Waals surface area contributed by atoms with E-state index in [1.165, 1.54) is 17.7 Å². The molecule has 5 amide bonds. The average Bonchev–Trinajstić information content (AvgIpc) is 3.81. The summed E-state index contributed by atoms with van der Waals surface area (Å²) in [5.74, 6) is -3.05. The second-order valence-electron chi connectivity index (χ2n) is 16.7. The number of esters is 1. The molecular formula is C35H59N5O7. The summed E-state index contributed by atoms with van der Waals surface area (Å²) in [7, 11) is 0. The van der Waals surface area contributed by atoms with Crippen molar-refractivity contribution >= 4 is 35.5 Å². The van der Waals surface area contributed by atoms with Crippen molar-refractivity contribution in [3.05, 3.63) is 0 Å². The van der Waals surface area contributed by atoms with Gasteiger partial charge in [0.05, 0.1) is 6.04 Å². The maximum atomic E-state index is 14.3. The van der Waals surface area contributed by atoms with Crippen LogP contribution in [0, 0.1) is 34.5 Å². The minimum absolute atomic E-state index is 0.0578. The molecule has 0 bridgehead atoms. The number of likely N-dealkylation sites (tertiary alicyclic amines) is 1. The summed E-state index contributed by atoms with van der Waals surface area (Å²) in [6.45, 7) is 18.9. The van der Waals surface area contributed by atoms with Gasteiger partial charge in [-0.15, -0.1) is 0 Å². The number of unbranched alkanes of at least 4 members (excludes halogenated alkanes) is 1. The number of ketones is 1.